The van der Waals surface area contributed by atoms with Crippen molar-refractivity contribution in [3.63, 3.8) is 0 Å². The van der Waals surface area contributed by atoms with Crippen LogP contribution < -0.4 is 4.90 Å². The van der Waals surface area contributed by atoms with Crippen molar-refractivity contribution in [3.05, 3.63) is 54.4 Å². The summed E-state index contributed by atoms with van der Waals surface area (Å²) in [6.45, 7) is 4.54. The van der Waals surface area contributed by atoms with Crippen molar-refractivity contribution in [1.82, 2.24) is 25.0 Å². The first-order chi connectivity index (χ1) is 15.2. The molecule has 1 atom stereocenters. The number of aromatic nitrogens is 3. The zero-order valence-corrected chi connectivity index (χ0v) is 17.4. The van der Waals surface area contributed by atoms with Crippen LogP contribution in [0.15, 0.2) is 48.8 Å². The van der Waals surface area contributed by atoms with E-state index in [1.54, 1.807) is 4.90 Å². The van der Waals surface area contributed by atoms with E-state index < -0.39 is 0 Å². The van der Waals surface area contributed by atoms with Gasteiger partial charge in [-0.05, 0) is 36.2 Å². The van der Waals surface area contributed by atoms with Gasteiger partial charge in [-0.1, -0.05) is 12.1 Å². The molecule has 2 saturated heterocycles. The summed E-state index contributed by atoms with van der Waals surface area (Å²) in [5.41, 5.74) is 2.17. The van der Waals surface area contributed by atoms with E-state index in [1.807, 2.05) is 53.7 Å². The Kier molecular flexibility index (Phi) is 5.38. The van der Waals surface area contributed by atoms with E-state index in [4.69, 9.17) is 0 Å². The van der Waals surface area contributed by atoms with Gasteiger partial charge in [-0.3, -0.25) is 29.5 Å². The number of amides is 2. The second kappa shape index (κ2) is 8.47. The van der Waals surface area contributed by atoms with Crippen molar-refractivity contribution in [1.29, 1.82) is 0 Å². The zero-order chi connectivity index (χ0) is 21.2. The molecule has 160 valence electrons. The van der Waals surface area contributed by atoms with E-state index in [2.05, 4.69) is 20.1 Å². The van der Waals surface area contributed by atoms with Gasteiger partial charge in [-0.2, -0.15) is 5.10 Å². The standard InChI is InChI=1S/C23H26N6O2/c30-21-15-18(16-29(21)22-19-3-1-2-4-20(19)25-26-22)23(31)28-13-11-27(12-14-28)10-7-17-5-8-24-9-6-17/h1-6,8-9,18H,7,10-16H2,(H,25,26)/t18-/m0/s1. The van der Waals surface area contributed by atoms with Crippen LogP contribution in [0.2, 0.25) is 0 Å². The lowest BCUT2D eigenvalue weighted by molar-refractivity contribution is -0.137. The van der Waals surface area contributed by atoms with Crippen molar-refractivity contribution in [2.45, 2.75) is 12.8 Å². The van der Waals surface area contributed by atoms with Crippen molar-refractivity contribution in [2.75, 3.05) is 44.2 Å². The van der Waals surface area contributed by atoms with E-state index >= 15 is 0 Å². The lowest BCUT2D eigenvalue weighted by atomic mass is 10.1. The summed E-state index contributed by atoms with van der Waals surface area (Å²) in [7, 11) is 0. The molecule has 8 nitrogen and oxygen atoms in total. The highest BCUT2D eigenvalue weighted by molar-refractivity contribution is 6.05. The van der Waals surface area contributed by atoms with Gasteiger partial charge in [0.05, 0.1) is 11.4 Å². The number of fused-ring (bicyclic) bond motifs is 1. The molecule has 3 aromatic rings. The maximum absolute atomic E-state index is 13.1. The van der Waals surface area contributed by atoms with Gasteiger partial charge in [0.2, 0.25) is 11.8 Å². The molecule has 0 saturated carbocycles. The van der Waals surface area contributed by atoms with Crippen LogP contribution in [0.25, 0.3) is 10.9 Å². The van der Waals surface area contributed by atoms with Crippen LogP contribution in [0.4, 0.5) is 5.82 Å². The molecule has 0 bridgehead atoms. The number of benzene rings is 1. The number of nitrogens with zero attached hydrogens (tertiary/aromatic N) is 5. The number of para-hydroxylation sites is 1. The summed E-state index contributed by atoms with van der Waals surface area (Å²) in [5, 5.41) is 8.22. The van der Waals surface area contributed by atoms with Gasteiger partial charge in [0, 0.05) is 63.5 Å². The summed E-state index contributed by atoms with van der Waals surface area (Å²) in [6, 6.07) is 11.8. The fourth-order valence-electron chi connectivity index (χ4n) is 4.52. The Balaban J connectivity index is 1.16. The average Bonchev–Trinajstić information content (AvgIpc) is 3.41. The van der Waals surface area contributed by atoms with Gasteiger partial charge >= 0.3 is 0 Å². The number of hydrogen-bond donors (Lipinski definition) is 1. The lowest BCUT2D eigenvalue weighted by Gasteiger charge is -2.35. The number of pyridine rings is 1. The van der Waals surface area contributed by atoms with Crippen LogP contribution >= 0.6 is 0 Å². The Morgan fingerprint density at radius 3 is 2.65 bits per heavy atom. The molecule has 2 fully saturated rings. The second-order valence-corrected chi connectivity index (χ2v) is 8.27. The maximum atomic E-state index is 13.1. The molecular weight excluding hydrogens is 392 g/mol. The van der Waals surface area contributed by atoms with Crippen molar-refractivity contribution < 1.29 is 9.59 Å². The largest absolute Gasteiger partial charge is 0.340 e. The summed E-state index contributed by atoms with van der Waals surface area (Å²) < 4.78 is 0. The number of rotatable bonds is 5. The minimum Gasteiger partial charge on any atom is -0.340 e. The Bertz CT molecular complexity index is 1070. The molecule has 1 N–H and O–H groups in total. The highest BCUT2D eigenvalue weighted by atomic mass is 16.2. The van der Waals surface area contributed by atoms with E-state index in [-0.39, 0.29) is 24.2 Å². The van der Waals surface area contributed by atoms with Crippen LogP contribution in [-0.2, 0) is 16.0 Å². The van der Waals surface area contributed by atoms with Crippen LogP contribution in [-0.4, -0.2) is 76.1 Å². The third-order valence-electron chi connectivity index (χ3n) is 6.33. The monoisotopic (exact) mass is 418 g/mol. The van der Waals surface area contributed by atoms with Crippen LogP contribution in [0.3, 0.4) is 0 Å². The third kappa shape index (κ3) is 4.03. The summed E-state index contributed by atoms with van der Waals surface area (Å²) in [4.78, 5) is 35.8. The summed E-state index contributed by atoms with van der Waals surface area (Å²) >= 11 is 0. The van der Waals surface area contributed by atoms with Crippen LogP contribution in [0.1, 0.15) is 12.0 Å². The molecule has 0 radical (unpaired) electrons. The first-order valence-electron chi connectivity index (χ1n) is 10.8. The molecule has 31 heavy (non-hydrogen) atoms. The topological polar surface area (TPSA) is 85.4 Å². The normalized spacial score (nSPS) is 20.0. The molecule has 0 aliphatic carbocycles. The fourth-order valence-corrected chi connectivity index (χ4v) is 4.52. The number of nitrogens with one attached hydrogen (secondary N) is 1. The number of carbonyl (C=O) groups is 2. The Labute approximate surface area is 180 Å². The second-order valence-electron chi connectivity index (χ2n) is 8.27. The smallest absolute Gasteiger partial charge is 0.229 e. The van der Waals surface area contributed by atoms with Crippen molar-refractivity contribution in [3.8, 4) is 0 Å². The molecule has 2 amide bonds. The molecular formula is C23H26N6O2. The van der Waals surface area contributed by atoms with E-state index in [0.29, 0.717) is 25.5 Å². The minimum absolute atomic E-state index is 0.0356. The number of hydrogen-bond acceptors (Lipinski definition) is 5. The highest BCUT2D eigenvalue weighted by Crippen LogP contribution is 2.30. The Morgan fingerprint density at radius 2 is 1.84 bits per heavy atom. The highest BCUT2D eigenvalue weighted by Gasteiger charge is 2.39. The number of piperazine rings is 1. The molecule has 2 aliphatic heterocycles. The van der Waals surface area contributed by atoms with Crippen molar-refractivity contribution >= 4 is 28.5 Å². The van der Waals surface area contributed by atoms with E-state index in [9.17, 15) is 9.59 Å². The molecule has 1 aromatic carbocycles. The SMILES string of the molecule is O=C([C@H]1CC(=O)N(c2n[nH]c3ccccc23)C1)N1CCN(CCc2ccncc2)CC1. The van der Waals surface area contributed by atoms with Gasteiger partial charge in [-0.25, -0.2) is 0 Å². The van der Waals surface area contributed by atoms with Gasteiger partial charge in [0.15, 0.2) is 5.82 Å². The predicted molar refractivity (Wildman–Crippen MR) is 118 cm³/mol. The first kappa shape index (κ1) is 19.7. The first-order valence-corrected chi connectivity index (χ1v) is 10.8. The van der Waals surface area contributed by atoms with Gasteiger partial charge in [0.1, 0.15) is 0 Å². The summed E-state index contributed by atoms with van der Waals surface area (Å²) in [6.07, 6.45) is 4.89. The Morgan fingerprint density at radius 1 is 1.06 bits per heavy atom. The predicted octanol–water partition coefficient (Wildman–Crippen LogP) is 1.70. The van der Waals surface area contributed by atoms with Crippen LogP contribution in [0, 0.1) is 5.92 Å². The molecule has 2 aliphatic rings. The Hall–Kier alpha value is -3.26. The lowest BCUT2D eigenvalue weighted by Crippen LogP contribution is -2.51. The number of H-pyrrole nitrogens is 1. The molecule has 0 unspecified atom stereocenters. The molecule has 2 aromatic heterocycles. The number of aromatic amines is 1. The molecule has 8 heteroatoms. The van der Waals surface area contributed by atoms with Gasteiger partial charge in [-0.15, -0.1) is 0 Å². The third-order valence-corrected chi connectivity index (χ3v) is 6.33. The molecule has 4 heterocycles. The zero-order valence-electron chi connectivity index (χ0n) is 17.4. The van der Waals surface area contributed by atoms with E-state index in [1.165, 1.54) is 5.56 Å². The average molecular weight is 419 g/mol. The molecule has 5 rings (SSSR count). The van der Waals surface area contributed by atoms with Gasteiger partial charge < -0.3 is 4.90 Å². The van der Waals surface area contributed by atoms with Crippen LogP contribution in [0.5, 0.6) is 0 Å². The minimum atomic E-state index is -0.300. The molecule has 0 spiro atoms. The maximum Gasteiger partial charge on any atom is 0.229 e. The van der Waals surface area contributed by atoms with E-state index in [0.717, 1.165) is 37.0 Å². The number of carbonyl (C=O) groups excluding carboxylic acids is 2. The van der Waals surface area contributed by atoms with Gasteiger partial charge in [0.25, 0.3) is 0 Å². The fraction of sp³-hybridized carbons (Fsp3) is 0.391. The summed E-state index contributed by atoms with van der Waals surface area (Å²) in [5.74, 6) is 0.374. The number of anilines is 1. The quantitative estimate of drug-likeness (QED) is 0.682. The van der Waals surface area contributed by atoms with Crippen molar-refractivity contribution in [2.24, 2.45) is 5.92 Å².